The maximum absolute atomic E-state index is 8.63. The van der Waals surface area contributed by atoms with E-state index in [2.05, 4.69) is 39.2 Å². The highest BCUT2D eigenvalue weighted by Crippen LogP contribution is 2.48. The van der Waals surface area contributed by atoms with Crippen LogP contribution in [0.4, 0.5) is 0 Å². The average molecular weight is 206 g/mol. The van der Waals surface area contributed by atoms with Crippen molar-refractivity contribution in [3.05, 3.63) is 12.2 Å². The summed E-state index contributed by atoms with van der Waals surface area (Å²) in [5, 5.41) is 8.63. The molecule has 1 aliphatic carbocycles. The number of rotatable bonds is 2. The van der Waals surface area contributed by atoms with Gasteiger partial charge in [-0.15, -0.1) is 5.92 Å². The van der Waals surface area contributed by atoms with Crippen molar-refractivity contribution in [2.24, 2.45) is 17.3 Å². The molecule has 1 N–H and O–H groups in total. The molecular weight excluding hydrogens is 184 g/mol. The van der Waals surface area contributed by atoms with Crippen LogP contribution in [0.15, 0.2) is 12.2 Å². The Morgan fingerprint density at radius 2 is 2.07 bits per heavy atom. The highest BCUT2D eigenvalue weighted by atomic mass is 16.2. The van der Waals surface area contributed by atoms with Crippen LogP contribution in [0.25, 0.3) is 0 Å². The molecule has 0 unspecified atom stereocenters. The van der Waals surface area contributed by atoms with Crippen molar-refractivity contribution < 1.29 is 5.11 Å². The van der Waals surface area contributed by atoms with E-state index in [0.29, 0.717) is 17.3 Å². The summed E-state index contributed by atoms with van der Waals surface area (Å²) in [6.45, 7) is 10.8. The molecule has 0 bridgehead atoms. The molecule has 0 heterocycles. The van der Waals surface area contributed by atoms with Gasteiger partial charge in [0.15, 0.2) is 0 Å². The minimum absolute atomic E-state index is 0.0200. The monoisotopic (exact) mass is 206 g/mol. The molecule has 1 saturated carbocycles. The van der Waals surface area contributed by atoms with E-state index in [4.69, 9.17) is 5.11 Å². The molecule has 1 nitrogen and oxygen atoms in total. The van der Waals surface area contributed by atoms with E-state index < -0.39 is 0 Å². The topological polar surface area (TPSA) is 20.2 Å². The summed E-state index contributed by atoms with van der Waals surface area (Å²) in [5.74, 6) is 7.05. The van der Waals surface area contributed by atoms with Gasteiger partial charge < -0.3 is 5.11 Å². The lowest BCUT2D eigenvalue weighted by atomic mass is 9.88. The van der Waals surface area contributed by atoms with Crippen LogP contribution in [0, 0.1) is 29.1 Å². The van der Waals surface area contributed by atoms with Crippen LogP contribution >= 0.6 is 0 Å². The Hall–Kier alpha value is -0.740. The number of aliphatic hydroxyl groups excluding tert-OH is 1. The van der Waals surface area contributed by atoms with Crippen molar-refractivity contribution in [1.82, 2.24) is 0 Å². The van der Waals surface area contributed by atoms with Crippen molar-refractivity contribution in [1.29, 1.82) is 0 Å². The molecule has 0 aromatic heterocycles. The molecule has 2 atom stereocenters. The second-order valence-corrected chi connectivity index (χ2v) is 5.50. The van der Waals surface area contributed by atoms with Gasteiger partial charge in [-0.1, -0.05) is 31.9 Å². The van der Waals surface area contributed by atoms with Gasteiger partial charge in [0.1, 0.15) is 6.61 Å². The summed E-state index contributed by atoms with van der Waals surface area (Å²) >= 11 is 0. The summed E-state index contributed by atoms with van der Waals surface area (Å²) in [7, 11) is 0. The Labute approximate surface area is 93.6 Å². The maximum Gasteiger partial charge on any atom is 0.104 e. The SMILES string of the molecule is C=C(C)[C@@H]1CC(C)(C)C[C@@H]1CC#CCO. The molecule has 1 heteroatoms. The zero-order valence-corrected chi connectivity index (χ0v) is 10.1. The summed E-state index contributed by atoms with van der Waals surface area (Å²) in [6, 6.07) is 0. The van der Waals surface area contributed by atoms with Crippen LogP contribution in [0.2, 0.25) is 0 Å². The van der Waals surface area contributed by atoms with Crippen molar-refractivity contribution in [2.45, 2.75) is 40.0 Å². The Balaban J connectivity index is 2.65. The maximum atomic E-state index is 8.63. The van der Waals surface area contributed by atoms with Gasteiger partial charge in [0.25, 0.3) is 0 Å². The van der Waals surface area contributed by atoms with Crippen LogP contribution in [0.1, 0.15) is 40.0 Å². The summed E-state index contributed by atoms with van der Waals surface area (Å²) in [4.78, 5) is 0. The third kappa shape index (κ3) is 3.39. The van der Waals surface area contributed by atoms with Crippen molar-refractivity contribution in [3.63, 3.8) is 0 Å². The second kappa shape index (κ2) is 4.86. The van der Waals surface area contributed by atoms with Gasteiger partial charge in [-0.25, -0.2) is 0 Å². The van der Waals surface area contributed by atoms with Crippen molar-refractivity contribution >= 4 is 0 Å². The molecular formula is C14H22O. The first kappa shape index (κ1) is 12.3. The number of hydrogen-bond donors (Lipinski definition) is 1. The van der Waals surface area contributed by atoms with Crippen LogP contribution in [0.3, 0.4) is 0 Å². The highest BCUT2D eigenvalue weighted by molar-refractivity contribution is 5.10. The molecule has 1 aliphatic rings. The Bertz CT molecular complexity index is 290. The minimum Gasteiger partial charge on any atom is -0.384 e. The Kier molecular flexibility index (Phi) is 3.99. The van der Waals surface area contributed by atoms with Crippen LogP contribution in [-0.2, 0) is 0 Å². The lowest BCUT2D eigenvalue weighted by Gasteiger charge is -2.17. The Morgan fingerprint density at radius 3 is 2.60 bits per heavy atom. The highest BCUT2D eigenvalue weighted by Gasteiger charge is 2.38. The average Bonchev–Trinajstić information content (AvgIpc) is 2.42. The largest absolute Gasteiger partial charge is 0.384 e. The van der Waals surface area contributed by atoms with Gasteiger partial charge in [0.2, 0.25) is 0 Å². The first-order valence-corrected chi connectivity index (χ1v) is 5.68. The van der Waals surface area contributed by atoms with Gasteiger partial charge in [0, 0.05) is 6.42 Å². The molecule has 0 saturated heterocycles. The summed E-state index contributed by atoms with van der Waals surface area (Å²) in [6.07, 6.45) is 3.36. The smallest absolute Gasteiger partial charge is 0.104 e. The second-order valence-electron chi connectivity index (χ2n) is 5.50. The first-order chi connectivity index (χ1) is 6.96. The van der Waals surface area contributed by atoms with Crippen molar-refractivity contribution in [3.8, 4) is 11.8 Å². The standard InChI is InChI=1S/C14H22O/c1-11(2)13-10-14(3,4)9-12(13)7-5-6-8-15/h12-13,15H,1,7-10H2,2-4H3/t12-,13-/m0/s1. The fraction of sp³-hybridized carbons (Fsp3) is 0.714. The quantitative estimate of drug-likeness (QED) is 0.544. The predicted molar refractivity (Wildman–Crippen MR) is 64.3 cm³/mol. The van der Waals surface area contributed by atoms with Gasteiger partial charge in [0.05, 0.1) is 0 Å². The molecule has 0 spiro atoms. The van der Waals surface area contributed by atoms with Gasteiger partial charge in [-0.2, -0.15) is 0 Å². The number of aliphatic hydroxyl groups is 1. The van der Waals surface area contributed by atoms with Crippen molar-refractivity contribution in [2.75, 3.05) is 6.61 Å². The molecule has 0 amide bonds. The van der Waals surface area contributed by atoms with E-state index in [1.165, 1.54) is 18.4 Å². The van der Waals surface area contributed by atoms with E-state index in [1.807, 2.05) is 0 Å². The normalized spacial score (nSPS) is 28.3. The lowest BCUT2D eigenvalue weighted by Crippen LogP contribution is -2.07. The third-order valence-electron chi connectivity index (χ3n) is 3.36. The van der Waals surface area contributed by atoms with Gasteiger partial charge >= 0.3 is 0 Å². The molecule has 0 aromatic rings. The van der Waals surface area contributed by atoms with Crippen LogP contribution in [-0.4, -0.2) is 11.7 Å². The molecule has 0 radical (unpaired) electrons. The molecule has 15 heavy (non-hydrogen) atoms. The van der Waals surface area contributed by atoms with Crippen LogP contribution in [0.5, 0.6) is 0 Å². The molecule has 84 valence electrons. The first-order valence-electron chi connectivity index (χ1n) is 5.68. The van der Waals surface area contributed by atoms with E-state index in [1.54, 1.807) is 0 Å². The van der Waals surface area contributed by atoms with Gasteiger partial charge in [-0.3, -0.25) is 0 Å². The van der Waals surface area contributed by atoms with E-state index >= 15 is 0 Å². The van der Waals surface area contributed by atoms with E-state index in [-0.39, 0.29) is 6.61 Å². The fourth-order valence-electron chi connectivity index (χ4n) is 2.75. The zero-order valence-electron chi connectivity index (χ0n) is 10.1. The number of allylic oxidation sites excluding steroid dienone is 1. The molecule has 1 rings (SSSR count). The number of hydrogen-bond acceptors (Lipinski definition) is 1. The minimum atomic E-state index is -0.0200. The molecule has 1 fully saturated rings. The third-order valence-corrected chi connectivity index (χ3v) is 3.36. The lowest BCUT2D eigenvalue weighted by molar-refractivity contribution is 0.350. The van der Waals surface area contributed by atoms with E-state index in [9.17, 15) is 0 Å². The molecule has 0 aromatic carbocycles. The predicted octanol–water partition coefficient (Wildman–Crippen LogP) is 3.00. The zero-order chi connectivity index (χ0) is 11.5. The van der Waals surface area contributed by atoms with E-state index in [0.717, 1.165) is 6.42 Å². The summed E-state index contributed by atoms with van der Waals surface area (Å²) in [5.41, 5.74) is 1.71. The molecule has 0 aliphatic heterocycles. The van der Waals surface area contributed by atoms with Crippen LogP contribution < -0.4 is 0 Å². The summed E-state index contributed by atoms with van der Waals surface area (Å²) < 4.78 is 0. The Morgan fingerprint density at radius 1 is 1.40 bits per heavy atom. The fourth-order valence-corrected chi connectivity index (χ4v) is 2.75. The van der Waals surface area contributed by atoms with Gasteiger partial charge in [-0.05, 0) is 37.0 Å².